The zero-order chi connectivity index (χ0) is 22.4. The molecule has 0 N–H and O–H groups in total. The van der Waals surface area contributed by atoms with Gasteiger partial charge in [0.1, 0.15) is 18.1 Å². The number of methoxy groups -OCH3 is 1. The van der Waals surface area contributed by atoms with Crippen LogP contribution in [0.5, 0.6) is 11.5 Å². The quantitative estimate of drug-likeness (QED) is 0.217. The minimum atomic E-state index is -0.474. The van der Waals surface area contributed by atoms with Crippen molar-refractivity contribution in [3.05, 3.63) is 87.2 Å². The molecule has 0 saturated carbocycles. The minimum absolute atomic E-state index is 0.0751. The van der Waals surface area contributed by atoms with Gasteiger partial charge in [-0.25, -0.2) is 0 Å². The highest BCUT2D eigenvalue weighted by Crippen LogP contribution is 2.30. The van der Waals surface area contributed by atoms with Crippen LogP contribution in [-0.4, -0.2) is 27.6 Å². The van der Waals surface area contributed by atoms with Crippen molar-refractivity contribution in [3.63, 3.8) is 0 Å². The first-order valence-corrected chi connectivity index (χ1v) is 9.72. The van der Waals surface area contributed by atoms with E-state index in [4.69, 9.17) is 9.47 Å². The largest absolute Gasteiger partial charge is 0.496 e. The van der Waals surface area contributed by atoms with Crippen LogP contribution in [0.1, 0.15) is 34.1 Å². The molecule has 0 radical (unpaired) electrons. The summed E-state index contributed by atoms with van der Waals surface area (Å²) in [5, 5.41) is 15.4. The lowest BCUT2D eigenvalue weighted by Crippen LogP contribution is -2.07. The Morgan fingerprint density at radius 2 is 2.00 bits per heavy atom. The van der Waals surface area contributed by atoms with Crippen molar-refractivity contribution in [3.8, 4) is 11.5 Å². The summed E-state index contributed by atoms with van der Waals surface area (Å²) in [5.41, 5.74) is 2.75. The predicted molar refractivity (Wildman–Crippen MR) is 116 cm³/mol. The van der Waals surface area contributed by atoms with Gasteiger partial charge in [-0.2, -0.15) is 5.10 Å². The number of ketones is 1. The van der Waals surface area contributed by atoms with Crippen LogP contribution in [0, 0.1) is 17.0 Å². The number of benzene rings is 2. The third-order valence-corrected chi connectivity index (χ3v) is 4.70. The Balaban J connectivity index is 1.81. The molecule has 8 nitrogen and oxygen atoms in total. The number of allylic oxidation sites excluding steroid dienone is 1. The molecule has 0 unspecified atom stereocenters. The number of aryl methyl sites for hydroxylation is 2. The number of hydrogen-bond acceptors (Lipinski definition) is 6. The van der Waals surface area contributed by atoms with Gasteiger partial charge in [0.25, 0.3) is 0 Å². The maximum absolute atomic E-state index is 12.4. The Labute approximate surface area is 179 Å². The Hall–Kier alpha value is -3.94. The van der Waals surface area contributed by atoms with Gasteiger partial charge in [0.2, 0.25) is 5.78 Å². The van der Waals surface area contributed by atoms with Gasteiger partial charge in [0.15, 0.2) is 5.75 Å². The van der Waals surface area contributed by atoms with Gasteiger partial charge in [-0.05, 0) is 55.3 Å². The van der Waals surface area contributed by atoms with Crippen LogP contribution in [0.2, 0.25) is 0 Å². The second-order valence-electron chi connectivity index (χ2n) is 6.82. The molecule has 0 saturated heterocycles. The van der Waals surface area contributed by atoms with Crippen LogP contribution in [0.3, 0.4) is 0 Å². The molecule has 0 aliphatic heterocycles. The molecule has 0 bridgehead atoms. The van der Waals surface area contributed by atoms with Crippen molar-refractivity contribution in [1.29, 1.82) is 0 Å². The summed E-state index contributed by atoms with van der Waals surface area (Å²) in [7, 11) is 1.54. The average molecular weight is 421 g/mol. The topological polar surface area (TPSA) is 96.5 Å². The Morgan fingerprint density at radius 3 is 2.71 bits per heavy atom. The van der Waals surface area contributed by atoms with Gasteiger partial charge in [-0.1, -0.05) is 18.2 Å². The van der Waals surface area contributed by atoms with Crippen molar-refractivity contribution < 1.29 is 19.2 Å². The lowest BCUT2D eigenvalue weighted by Gasteiger charge is -2.12. The summed E-state index contributed by atoms with van der Waals surface area (Å²) in [6, 6.07) is 11.8. The van der Waals surface area contributed by atoms with Crippen LogP contribution < -0.4 is 9.47 Å². The first-order chi connectivity index (χ1) is 14.9. The summed E-state index contributed by atoms with van der Waals surface area (Å²) in [5.74, 6) is 0.627. The van der Waals surface area contributed by atoms with E-state index in [9.17, 15) is 14.9 Å². The Kier molecular flexibility index (Phi) is 6.81. The molecule has 1 heterocycles. The van der Waals surface area contributed by atoms with Crippen LogP contribution >= 0.6 is 0 Å². The lowest BCUT2D eigenvalue weighted by molar-refractivity contribution is -0.386. The molecule has 8 heteroatoms. The summed E-state index contributed by atoms with van der Waals surface area (Å²) in [6.07, 6.45) is 4.78. The van der Waals surface area contributed by atoms with E-state index in [0.29, 0.717) is 23.6 Å². The number of aromatic nitrogens is 2. The number of hydrogen-bond donors (Lipinski definition) is 0. The SMILES string of the molecule is CCn1nccc1C(=O)/C=C/c1ccc(OC)c(COc2cc(C)ccc2[N+](=O)[O-])c1. The van der Waals surface area contributed by atoms with Crippen LogP contribution in [0.25, 0.3) is 6.08 Å². The number of nitro groups is 1. The van der Waals surface area contributed by atoms with Crippen molar-refractivity contribution in [2.45, 2.75) is 27.0 Å². The zero-order valence-corrected chi connectivity index (χ0v) is 17.6. The molecule has 0 aliphatic rings. The molecule has 160 valence electrons. The van der Waals surface area contributed by atoms with Gasteiger partial charge >= 0.3 is 5.69 Å². The third-order valence-electron chi connectivity index (χ3n) is 4.70. The molecule has 3 aromatic rings. The first kappa shape index (κ1) is 21.8. The highest BCUT2D eigenvalue weighted by Gasteiger charge is 2.16. The van der Waals surface area contributed by atoms with Gasteiger partial charge < -0.3 is 9.47 Å². The van der Waals surface area contributed by atoms with Crippen molar-refractivity contribution in [2.75, 3.05) is 7.11 Å². The fourth-order valence-electron chi connectivity index (χ4n) is 3.11. The predicted octanol–water partition coefficient (Wildman–Crippen LogP) is 4.60. The molecule has 31 heavy (non-hydrogen) atoms. The molecule has 0 aliphatic carbocycles. The maximum atomic E-state index is 12.4. The highest BCUT2D eigenvalue weighted by molar-refractivity contribution is 6.05. The number of carbonyl (C=O) groups excluding carboxylic acids is 1. The summed E-state index contributed by atoms with van der Waals surface area (Å²) in [6.45, 7) is 4.44. The Morgan fingerprint density at radius 1 is 1.19 bits per heavy atom. The molecule has 0 atom stereocenters. The fraction of sp³-hybridized carbons (Fsp3) is 0.217. The normalized spacial score (nSPS) is 10.9. The number of rotatable bonds is 9. The maximum Gasteiger partial charge on any atom is 0.310 e. The minimum Gasteiger partial charge on any atom is -0.496 e. The van der Waals surface area contributed by atoms with Crippen molar-refractivity contribution >= 4 is 17.5 Å². The average Bonchev–Trinajstić information content (AvgIpc) is 3.25. The zero-order valence-electron chi connectivity index (χ0n) is 17.6. The monoisotopic (exact) mass is 421 g/mol. The van der Waals surface area contributed by atoms with Gasteiger partial charge in [0.05, 0.1) is 12.0 Å². The molecule has 2 aromatic carbocycles. The van der Waals surface area contributed by atoms with Crippen LogP contribution in [0.4, 0.5) is 5.69 Å². The van der Waals surface area contributed by atoms with E-state index >= 15 is 0 Å². The molecule has 0 amide bonds. The van der Waals surface area contributed by atoms with E-state index in [2.05, 4.69) is 5.10 Å². The molecular formula is C23H23N3O5. The molecular weight excluding hydrogens is 398 g/mol. The Bertz CT molecular complexity index is 1130. The number of nitro benzene ring substituents is 1. The number of nitrogens with zero attached hydrogens (tertiary/aromatic N) is 3. The van der Waals surface area contributed by atoms with E-state index in [1.807, 2.05) is 26.0 Å². The van der Waals surface area contributed by atoms with E-state index in [1.165, 1.54) is 12.1 Å². The van der Waals surface area contributed by atoms with E-state index in [1.54, 1.807) is 48.3 Å². The second-order valence-corrected chi connectivity index (χ2v) is 6.82. The standard InChI is InChI=1S/C23H23N3O5/c1-4-25-19(11-12-24-25)21(27)9-6-17-7-10-22(30-3)18(14-17)15-31-23-13-16(2)5-8-20(23)26(28)29/h5-14H,4,15H2,1-3H3/b9-6+. The third kappa shape index (κ3) is 5.16. The number of carbonyl (C=O) groups is 1. The van der Waals surface area contributed by atoms with E-state index in [-0.39, 0.29) is 23.8 Å². The smallest absolute Gasteiger partial charge is 0.310 e. The molecule has 0 spiro atoms. The fourth-order valence-corrected chi connectivity index (χ4v) is 3.11. The highest BCUT2D eigenvalue weighted by atomic mass is 16.6. The van der Waals surface area contributed by atoms with Crippen LogP contribution in [-0.2, 0) is 13.2 Å². The van der Waals surface area contributed by atoms with Gasteiger partial charge in [0, 0.05) is 24.4 Å². The van der Waals surface area contributed by atoms with Crippen molar-refractivity contribution in [2.24, 2.45) is 0 Å². The van der Waals surface area contributed by atoms with Crippen molar-refractivity contribution in [1.82, 2.24) is 9.78 Å². The molecule has 0 fully saturated rings. The van der Waals surface area contributed by atoms with E-state index < -0.39 is 4.92 Å². The summed E-state index contributed by atoms with van der Waals surface area (Å²) >= 11 is 0. The second kappa shape index (κ2) is 9.71. The molecule has 3 rings (SSSR count). The van der Waals surface area contributed by atoms with Gasteiger partial charge in [-0.15, -0.1) is 0 Å². The van der Waals surface area contributed by atoms with E-state index in [0.717, 1.165) is 11.1 Å². The summed E-state index contributed by atoms with van der Waals surface area (Å²) in [4.78, 5) is 23.2. The summed E-state index contributed by atoms with van der Waals surface area (Å²) < 4.78 is 12.8. The van der Waals surface area contributed by atoms with Gasteiger partial charge in [-0.3, -0.25) is 19.6 Å². The number of ether oxygens (including phenoxy) is 2. The lowest BCUT2D eigenvalue weighted by atomic mass is 10.1. The molecule has 1 aromatic heterocycles. The van der Waals surface area contributed by atoms with Crippen LogP contribution in [0.15, 0.2) is 54.7 Å². The first-order valence-electron chi connectivity index (χ1n) is 9.72.